The van der Waals surface area contributed by atoms with Gasteiger partial charge in [-0.1, -0.05) is 36.4 Å². The van der Waals surface area contributed by atoms with Crippen molar-refractivity contribution in [3.05, 3.63) is 59.6 Å². The van der Waals surface area contributed by atoms with Gasteiger partial charge in [0.1, 0.15) is 0 Å². The van der Waals surface area contributed by atoms with E-state index in [1.165, 1.54) is 0 Å². The number of amides is 1. The fourth-order valence-electron chi connectivity index (χ4n) is 3.53. The number of thiazole rings is 1. The first kappa shape index (κ1) is 16.1. The van der Waals surface area contributed by atoms with Crippen LogP contribution in [0.5, 0.6) is 0 Å². The lowest BCUT2D eigenvalue weighted by molar-refractivity contribution is 0.0947. The van der Waals surface area contributed by atoms with Gasteiger partial charge in [0, 0.05) is 36.8 Å². The summed E-state index contributed by atoms with van der Waals surface area (Å²) in [5, 5.41) is 8.36. The van der Waals surface area contributed by atoms with Crippen molar-refractivity contribution >= 4 is 33.1 Å². The van der Waals surface area contributed by atoms with Gasteiger partial charge < -0.3 is 10.2 Å². The maximum absolute atomic E-state index is 12.7. The van der Waals surface area contributed by atoms with Crippen molar-refractivity contribution in [2.75, 3.05) is 24.5 Å². The molecule has 1 N–H and O–H groups in total. The smallest absolute Gasteiger partial charge is 0.251 e. The molecular formula is C20H21N3OS. The molecule has 128 valence electrons. The lowest BCUT2D eigenvalue weighted by atomic mass is 9.98. The first-order chi connectivity index (χ1) is 12.3. The van der Waals surface area contributed by atoms with Crippen molar-refractivity contribution in [2.24, 2.45) is 5.92 Å². The summed E-state index contributed by atoms with van der Waals surface area (Å²) in [7, 11) is 0. The normalized spacial score (nSPS) is 17.6. The number of aromatic nitrogens is 1. The second-order valence-corrected chi connectivity index (χ2v) is 7.38. The molecule has 1 aromatic heterocycles. The molecule has 2 aromatic carbocycles. The number of hydrogen-bond donors (Lipinski definition) is 1. The molecule has 0 saturated carbocycles. The fraction of sp³-hybridized carbons (Fsp3) is 0.300. The van der Waals surface area contributed by atoms with Crippen LogP contribution in [-0.2, 0) is 0 Å². The number of piperidine rings is 1. The lowest BCUT2D eigenvalue weighted by Gasteiger charge is -2.32. The van der Waals surface area contributed by atoms with Crippen LogP contribution in [0.3, 0.4) is 0 Å². The van der Waals surface area contributed by atoms with Gasteiger partial charge in [0.2, 0.25) is 0 Å². The van der Waals surface area contributed by atoms with E-state index in [9.17, 15) is 4.79 Å². The van der Waals surface area contributed by atoms with Gasteiger partial charge in [-0.15, -0.1) is 11.3 Å². The number of carbonyl (C=O) groups excluding carboxylic acids is 1. The number of hydrogen-bond acceptors (Lipinski definition) is 4. The van der Waals surface area contributed by atoms with E-state index in [1.807, 2.05) is 54.0 Å². The molecule has 4 nitrogen and oxygen atoms in total. The molecule has 1 amide bonds. The Balaban J connectivity index is 1.41. The molecule has 25 heavy (non-hydrogen) atoms. The third-order valence-corrected chi connectivity index (χ3v) is 5.63. The first-order valence-electron chi connectivity index (χ1n) is 8.71. The molecule has 5 heteroatoms. The number of nitrogens with one attached hydrogen (secondary N) is 1. The molecule has 1 fully saturated rings. The van der Waals surface area contributed by atoms with Crippen LogP contribution in [0.15, 0.2) is 54.0 Å². The van der Waals surface area contributed by atoms with Gasteiger partial charge >= 0.3 is 0 Å². The number of fused-ring (bicyclic) bond motifs is 1. The Bertz CT molecular complexity index is 857. The van der Waals surface area contributed by atoms with Gasteiger partial charge in [-0.3, -0.25) is 4.79 Å². The van der Waals surface area contributed by atoms with Crippen LogP contribution in [0.1, 0.15) is 23.2 Å². The average molecular weight is 351 g/mol. The summed E-state index contributed by atoms with van der Waals surface area (Å²) in [6, 6.07) is 13.9. The third-order valence-electron chi connectivity index (χ3n) is 4.79. The van der Waals surface area contributed by atoms with E-state index in [0.717, 1.165) is 47.4 Å². The number of rotatable bonds is 4. The van der Waals surface area contributed by atoms with Crippen LogP contribution >= 0.6 is 11.3 Å². The van der Waals surface area contributed by atoms with E-state index < -0.39 is 0 Å². The molecule has 0 radical (unpaired) electrons. The predicted octanol–water partition coefficient (Wildman–Crippen LogP) is 3.94. The van der Waals surface area contributed by atoms with E-state index in [-0.39, 0.29) is 5.91 Å². The van der Waals surface area contributed by atoms with E-state index >= 15 is 0 Å². The highest BCUT2D eigenvalue weighted by molar-refractivity contribution is 7.13. The minimum absolute atomic E-state index is 0.0168. The minimum atomic E-state index is 0.0168. The summed E-state index contributed by atoms with van der Waals surface area (Å²) in [6.07, 6.45) is 4.15. The predicted molar refractivity (Wildman–Crippen MR) is 103 cm³/mol. The van der Waals surface area contributed by atoms with Crippen molar-refractivity contribution in [3.63, 3.8) is 0 Å². The topological polar surface area (TPSA) is 45.2 Å². The van der Waals surface area contributed by atoms with Gasteiger partial charge in [-0.25, -0.2) is 4.98 Å². The Morgan fingerprint density at radius 2 is 2.12 bits per heavy atom. The van der Waals surface area contributed by atoms with Crippen LogP contribution in [0.4, 0.5) is 5.13 Å². The molecule has 4 rings (SSSR count). The summed E-state index contributed by atoms with van der Waals surface area (Å²) in [4.78, 5) is 19.4. The SMILES string of the molecule is O=C(NC[C@@H]1CCCN(c2nccs2)C1)c1cccc2ccccc12. The molecular weight excluding hydrogens is 330 g/mol. The highest BCUT2D eigenvalue weighted by Gasteiger charge is 2.22. The molecule has 0 bridgehead atoms. The zero-order valence-corrected chi connectivity index (χ0v) is 14.8. The number of carbonyl (C=O) groups is 1. The van der Waals surface area contributed by atoms with Crippen molar-refractivity contribution in [2.45, 2.75) is 12.8 Å². The zero-order valence-electron chi connectivity index (χ0n) is 14.0. The van der Waals surface area contributed by atoms with E-state index in [4.69, 9.17) is 0 Å². The minimum Gasteiger partial charge on any atom is -0.352 e. The van der Waals surface area contributed by atoms with Crippen LogP contribution in [-0.4, -0.2) is 30.5 Å². The number of benzene rings is 2. The standard InChI is InChI=1S/C20H21N3OS/c24-19(18-9-3-7-16-6-1-2-8-17(16)18)22-13-15-5-4-11-23(14-15)20-21-10-12-25-20/h1-3,6-10,12,15H,4-5,11,13-14H2,(H,22,24)/t15-/m0/s1. The summed E-state index contributed by atoms with van der Waals surface area (Å²) >= 11 is 1.68. The van der Waals surface area contributed by atoms with Crippen LogP contribution < -0.4 is 10.2 Å². The molecule has 0 unspecified atom stereocenters. The van der Waals surface area contributed by atoms with E-state index in [2.05, 4.69) is 15.2 Å². The highest BCUT2D eigenvalue weighted by atomic mass is 32.1. The Kier molecular flexibility index (Phi) is 4.65. The monoisotopic (exact) mass is 351 g/mol. The van der Waals surface area contributed by atoms with Gasteiger partial charge in [0.15, 0.2) is 5.13 Å². The van der Waals surface area contributed by atoms with Gasteiger partial charge in [-0.2, -0.15) is 0 Å². The molecule has 1 atom stereocenters. The van der Waals surface area contributed by atoms with Gasteiger partial charge in [0.25, 0.3) is 5.91 Å². The molecule has 2 heterocycles. The maximum atomic E-state index is 12.7. The molecule has 3 aromatic rings. The van der Waals surface area contributed by atoms with E-state index in [0.29, 0.717) is 12.5 Å². The summed E-state index contributed by atoms with van der Waals surface area (Å²) < 4.78 is 0. The second kappa shape index (κ2) is 7.23. The molecule has 1 saturated heterocycles. The lowest BCUT2D eigenvalue weighted by Crippen LogP contribution is -2.41. The van der Waals surface area contributed by atoms with Crippen molar-refractivity contribution in [1.29, 1.82) is 0 Å². The van der Waals surface area contributed by atoms with Crippen molar-refractivity contribution < 1.29 is 4.79 Å². The Morgan fingerprint density at radius 3 is 3.00 bits per heavy atom. The molecule has 0 spiro atoms. The first-order valence-corrected chi connectivity index (χ1v) is 9.59. The highest BCUT2D eigenvalue weighted by Crippen LogP contribution is 2.24. The van der Waals surface area contributed by atoms with Gasteiger partial charge in [-0.05, 0) is 35.6 Å². The molecule has 1 aliphatic rings. The Hall–Kier alpha value is -2.40. The second-order valence-electron chi connectivity index (χ2n) is 6.51. The number of anilines is 1. The number of nitrogens with zero attached hydrogens (tertiary/aromatic N) is 2. The van der Waals surface area contributed by atoms with Gasteiger partial charge in [0.05, 0.1) is 0 Å². The van der Waals surface area contributed by atoms with Crippen LogP contribution in [0, 0.1) is 5.92 Å². The van der Waals surface area contributed by atoms with Crippen LogP contribution in [0.2, 0.25) is 0 Å². The Labute approximate surface area is 151 Å². The largest absolute Gasteiger partial charge is 0.352 e. The molecule has 1 aliphatic heterocycles. The maximum Gasteiger partial charge on any atom is 0.251 e. The average Bonchev–Trinajstić information content (AvgIpc) is 3.21. The van der Waals surface area contributed by atoms with Crippen LogP contribution in [0.25, 0.3) is 10.8 Å². The van der Waals surface area contributed by atoms with Crippen molar-refractivity contribution in [3.8, 4) is 0 Å². The fourth-order valence-corrected chi connectivity index (χ4v) is 4.21. The quantitative estimate of drug-likeness (QED) is 0.774. The Morgan fingerprint density at radius 1 is 1.24 bits per heavy atom. The summed E-state index contributed by atoms with van der Waals surface area (Å²) in [6.45, 7) is 2.73. The summed E-state index contributed by atoms with van der Waals surface area (Å²) in [5.41, 5.74) is 0.755. The van der Waals surface area contributed by atoms with E-state index in [1.54, 1.807) is 11.3 Å². The third kappa shape index (κ3) is 3.51. The van der Waals surface area contributed by atoms with Crippen molar-refractivity contribution in [1.82, 2.24) is 10.3 Å². The summed E-state index contributed by atoms with van der Waals surface area (Å²) in [5.74, 6) is 0.486. The zero-order chi connectivity index (χ0) is 17.1. The molecule has 0 aliphatic carbocycles.